The number of aromatic nitrogens is 1. The van der Waals surface area contributed by atoms with Crippen LogP contribution in [-0.4, -0.2) is 33.2 Å². The Bertz CT molecular complexity index is 1400. The Labute approximate surface area is 214 Å². The van der Waals surface area contributed by atoms with Crippen LogP contribution in [0.2, 0.25) is 0 Å². The summed E-state index contributed by atoms with van der Waals surface area (Å²) in [6.45, 7) is 2.45. The van der Waals surface area contributed by atoms with E-state index in [2.05, 4.69) is 15.2 Å². The third-order valence-electron chi connectivity index (χ3n) is 6.37. The van der Waals surface area contributed by atoms with Gasteiger partial charge in [0.2, 0.25) is 0 Å². The van der Waals surface area contributed by atoms with Crippen LogP contribution < -0.4 is 10.1 Å². The van der Waals surface area contributed by atoms with E-state index in [0.29, 0.717) is 17.4 Å². The van der Waals surface area contributed by atoms with Gasteiger partial charge in [-0.15, -0.1) is 0 Å². The van der Waals surface area contributed by atoms with Gasteiger partial charge in [0.1, 0.15) is 23.3 Å². The Morgan fingerprint density at radius 3 is 2.61 bits per heavy atom. The molecule has 0 aliphatic carbocycles. The molecule has 36 heavy (non-hydrogen) atoms. The topological polar surface area (TPSA) is 87.8 Å². The van der Waals surface area contributed by atoms with Gasteiger partial charge < -0.3 is 24.5 Å². The lowest BCUT2D eigenvalue weighted by molar-refractivity contribution is 0.0696. The van der Waals surface area contributed by atoms with Crippen molar-refractivity contribution >= 4 is 23.3 Å². The summed E-state index contributed by atoms with van der Waals surface area (Å²) in [7, 11) is 1.65. The van der Waals surface area contributed by atoms with Crippen molar-refractivity contribution in [2.24, 2.45) is 0 Å². The van der Waals surface area contributed by atoms with Crippen LogP contribution in [0.5, 0.6) is 5.75 Å². The summed E-state index contributed by atoms with van der Waals surface area (Å²) in [5.41, 5.74) is 3.86. The van der Waals surface area contributed by atoms with Gasteiger partial charge in [-0.05, 0) is 78.8 Å². The molecule has 1 saturated heterocycles. The van der Waals surface area contributed by atoms with Crippen molar-refractivity contribution in [3.8, 4) is 17.1 Å². The largest absolute Gasteiger partial charge is 0.497 e. The molecule has 2 aromatic heterocycles. The van der Waals surface area contributed by atoms with E-state index in [0.717, 1.165) is 33.9 Å². The number of thiocarbonyl (C=S) groups is 1. The molecule has 1 aliphatic rings. The molecule has 2 N–H and O–H groups in total. The number of carboxylic acid groups (broad SMARTS) is 1. The first-order valence-electron chi connectivity index (χ1n) is 11.5. The number of methoxy groups -OCH3 is 1. The highest BCUT2D eigenvalue weighted by atomic mass is 32.1. The highest BCUT2D eigenvalue weighted by Crippen LogP contribution is 2.41. The van der Waals surface area contributed by atoms with Crippen molar-refractivity contribution < 1.29 is 19.1 Å². The van der Waals surface area contributed by atoms with E-state index in [9.17, 15) is 9.90 Å². The van der Waals surface area contributed by atoms with E-state index < -0.39 is 5.97 Å². The maximum absolute atomic E-state index is 11.3. The zero-order valence-corrected chi connectivity index (χ0v) is 20.7. The van der Waals surface area contributed by atoms with E-state index in [4.69, 9.17) is 21.4 Å². The Morgan fingerprint density at radius 1 is 1.14 bits per heavy atom. The van der Waals surface area contributed by atoms with Gasteiger partial charge in [0.15, 0.2) is 5.11 Å². The van der Waals surface area contributed by atoms with Gasteiger partial charge in [0, 0.05) is 18.3 Å². The summed E-state index contributed by atoms with van der Waals surface area (Å²) < 4.78 is 11.7. The van der Waals surface area contributed by atoms with E-state index >= 15 is 0 Å². The fourth-order valence-electron chi connectivity index (χ4n) is 4.54. The molecule has 4 aromatic rings. The summed E-state index contributed by atoms with van der Waals surface area (Å²) >= 11 is 5.77. The van der Waals surface area contributed by atoms with E-state index in [1.807, 2.05) is 61.5 Å². The van der Waals surface area contributed by atoms with Gasteiger partial charge in [-0.1, -0.05) is 24.3 Å². The molecule has 5 rings (SSSR count). The molecule has 8 heteroatoms. The average Bonchev–Trinajstić information content (AvgIpc) is 3.49. The van der Waals surface area contributed by atoms with Crippen LogP contribution in [0.25, 0.3) is 11.3 Å². The highest BCUT2D eigenvalue weighted by Gasteiger charge is 2.41. The number of hydrogen-bond donors (Lipinski definition) is 2. The first-order valence-corrected chi connectivity index (χ1v) is 11.9. The quantitative estimate of drug-likeness (QED) is 0.321. The summed E-state index contributed by atoms with van der Waals surface area (Å²) in [4.78, 5) is 18.0. The number of nitrogens with one attached hydrogen (secondary N) is 1. The lowest BCUT2D eigenvalue weighted by atomic mass is 10.0. The molecule has 0 spiro atoms. The van der Waals surface area contributed by atoms with Crippen molar-refractivity contribution in [2.75, 3.05) is 7.11 Å². The number of nitrogens with zero attached hydrogens (tertiary/aromatic N) is 2. The second kappa shape index (κ2) is 9.83. The lowest BCUT2D eigenvalue weighted by Crippen LogP contribution is -2.29. The number of ether oxygens (including phenoxy) is 1. The van der Waals surface area contributed by atoms with Gasteiger partial charge in [-0.2, -0.15) is 0 Å². The molecule has 0 unspecified atom stereocenters. The molecule has 182 valence electrons. The van der Waals surface area contributed by atoms with Crippen LogP contribution in [0.3, 0.4) is 0 Å². The van der Waals surface area contributed by atoms with Crippen molar-refractivity contribution in [3.05, 3.63) is 107 Å². The summed E-state index contributed by atoms with van der Waals surface area (Å²) in [5, 5.41) is 13.4. The van der Waals surface area contributed by atoms with Crippen molar-refractivity contribution in [1.29, 1.82) is 0 Å². The van der Waals surface area contributed by atoms with Crippen LogP contribution >= 0.6 is 12.2 Å². The molecular weight excluding hydrogens is 474 g/mol. The summed E-state index contributed by atoms with van der Waals surface area (Å²) in [5.74, 6) is 1.25. The van der Waals surface area contributed by atoms with Crippen molar-refractivity contribution in [3.63, 3.8) is 0 Å². The molecule has 0 radical (unpaired) electrons. The van der Waals surface area contributed by atoms with Crippen molar-refractivity contribution in [2.45, 2.75) is 25.6 Å². The molecule has 1 aliphatic heterocycles. The van der Waals surface area contributed by atoms with Crippen molar-refractivity contribution in [1.82, 2.24) is 15.2 Å². The van der Waals surface area contributed by atoms with Crippen LogP contribution in [0, 0.1) is 6.92 Å². The SMILES string of the molecule is COc1ccc(CN2C(=S)N[C@@H](c3ccccn3)[C@H]2c2ccc(-c3ccc(C(=O)O)cc3C)o2)cc1. The smallest absolute Gasteiger partial charge is 0.335 e. The van der Waals surface area contributed by atoms with Crippen LogP contribution in [0.1, 0.15) is 45.0 Å². The highest BCUT2D eigenvalue weighted by molar-refractivity contribution is 7.80. The maximum atomic E-state index is 11.3. The van der Waals surface area contributed by atoms with Gasteiger partial charge in [-0.25, -0.2) is 4.79 Å². The minimum absolute atomic E-state index is 0.202. The third kappa shape index (κ3) is 4.55. The second-order valence-electron chi connectivity index (χ2n) is 8.64. The Hall–Kier alpha value is -4.17. The standard InChI is InChI=1S/C28H25N3O4S/c1-17-15-19(27(32)33)8-11-21(17)23-12-13-24(35-23)26-25(22-5-3-4-14-29-22)30-28(36)31(26)16-18-6-9-20(34-2)10-7-18/h3-15,25-26H,16H2,1-2H3,(H,30,36)(H,32,33)/t25-,26+/m0/s1. The summed E-state index contributed by atoms with van der Waals surface area (Å²) in [6, 6.07) is 22.2. The fourth-order valence-corrected chi connectivity index (χ4v) is 4.85. The molecular formula is C28H25N3O4S. The van der Waals surface area contributed by atoms with Crippen LogP contribution in [0.15, 0.2) is 83.4 Å². The lowest BCUT2D eigenvalue weighted by Gasteiger charge is -2.26. The number of rotatable bonds is 7. The zero-order chi connectivity index (χ0) is 25.2. The molecule has 0 saturated carbocycles. The monoisotopic (exact) mass is 499 g/mol. The fraction of sp³-hybridized carbons (Fsp3) is 0.179. The normalized spacial score (nSPS) is 17.2. The zero-order valence-electron chi connectivity index (χ0n) is 19.8. The number of furan rings is 1. The first kappa shape index (κ1) is 23.6. The average molecular weight is 500 g/mol. The van der Waals surface area contributed by atoms with Gasteiger partial charge in [0.25, 0.3) is 0 Å². The van der Waals surface area contributed by atoms with Gasteiger partial charge in [0.05, 0.1) is 24.4 Å². The molecule has 3 heterocycles. The predicted molar refractivity (Wildman–Crippen MR) is 140 cm³/mol. The van der Waals surface area contributed by atoms with Crippen LogP contribution in [0.4, 0.5) is 0 Å². The minimum atomic E-state index is -0.956. The minimum Gasteiger partial charge on any atom is -0.497 e. The number of hydrogen-bond acceptors (Lipinski definition) is 5. The molecule has 1 fully saturated rings. The molecule has 2 aromatic carbocycles. The third-order valence-corrected chi connectivity index (χ3v) is 6.72. The number of aromatic carboxylic acids is 1. The van der Waals surface area contributed by atoms with E-state index in [-0.39, 0.29) is 17.6 Å². The Morgan fingerprint density at radius 2 is 1.94 bits per heavy atom. The van der Waals surface area contributed by atoms with E-state index in [1.54, 1.807) is 31.5 Å². The number of aryl methyl sites for hydroxylation is 1. The molecule has 7 nitrogen and oxygen atoms in total. The Balaban J connectivity index is 1.52. The number of carboxylic acids is 1. The van der Waals surface area contributed by atoms with Gasteiger partial charge in [-0.3, -0.25) is 4.98 Å². The predicted octanol–water partition coefficient (Wildman–Crippen LogP) is 5.53. The first-order chi connectivity index (χ1) is 17.4. The Kier molecular flexibility index (Phi) is 6.43. The number of benzene rings is 2. The van der Waals surface area contributed by atoms with Gasteiger partial charge >= 0.3 is 5.97 Å². The molecule has 0 amide bonds. The molecule has 0 bridgehead atoms. The number of carbonyl (C=O) groups is 1. The number of pyridine rings is 1. The second-order valence-corrected chi connectivity index (χ2v) is 9.03. The summed E-state index contributed by atoms with van der Waals surface area (Å²) in [6.07, 6.45) is 1.77. The van der Waals surface area contributed by atoms with E-state index in [1.165, 1.54) is 0 Å². The van der Waals surface area contributed by atoms with Crippen LogP contribution in [-0.2, 0) is 6.54 Å². The molecule has 2 atom stereocenters. The maximum Gasteiger partial charge on any atom is 0.335 e.